The minimum absolute atomic E-state index is 0.665. The van der Waals surface area contributed by atoms with Gasteiger partial charge in [-0.25, -0.2) is 4.98 Å². The Labute approximate surface area is 161 Å². The smallest absolute Gasteiger partial charge is 0.183 e. The lowest BCUT2D eigenvalue weighted by molar-refractivity contribution is -0.880. The van der Waals surface area contributed by atoms with Crippen molar-refractivity contribution >= 4 is 21.7 Å². The minimum Gasteiger partial charge on any atom is -0.343 e. The van der Waals surface area contributed by atoms with Crippen molar-refractivity contribution in [2.75, 3.05) is 38.1 Å². The van der Waals surface area contributed by atoms with Crippen LogP contribution in [0.15, 0.2) is 59.1 Å². The molecule has 1 aromatic heterocycles. The van der Waals surface area contributed by atoms with Crippen LogP contribution in [0.2, 0.25) is 0 Å². The van der Waals surface area contributed by atoms with E-state index in [0.29, 0.717) is 5.82 Å². The molecule has 6 heteroatoms. The Bertz CT molecular complexity index is 874. The zero-order valence-corrected chi connectivity index (χ0v) is 16.3. The number of likely N-dealkylation sites (N-methyl/N-ethyl adjacent to an activating group) is 1. The highest BCUT2D eigenvalue weighted by Crippen LogP contribution is 2.29. The largest absolute Gasteiger partial charge is 0.343 e. The third-order valence-electron chi connectivity index (χ3n) is 4.73. The molecule has 0 atom stereocenters. The Morgan fingerprint density at radius 2 is 1.58 bits per heavy atom. The van der Waals surface area contributed by atoms with Crippen molar-refractivity contribution in [1.82, 2.24) is 15.2 Å². The molecular formula is C20H21BrN5+. The van der Waals surface area contributed by atoms with Crippen molar-refractivity contribution < 1.29 is 4.90 Å². The molecule has 2 aromatic carbocycles. The van der Waals surface area contributed by atoms with Crippen LogP contribution in [0.25, 0.3) is 22.6 Å². The number of hydrogen-bond donors (Lipinski definition) is 1. The fourth-order valence-corrected chi connectivity index (χ4v) is 3.41. The molecule has 3 aromatic rings. The van der Waals surface area contributed by atoms with Gasteiger partial charge in [0, 0.05) is 15.6 Å². The fourth-order valence-electron chi connectivity index (χ4n) is 3.14. The molecule has 5 nitrogen and oxygen atoms in total. The van der Waals surface area contributed by atoms with Gasteiger partial charge in [0.2, 0.25) is 0 Å². The number of rotatable bonds is 3. The summed E-state index contributed by atoms with van der Waals surface area (Å²) in [7, 11) is 2.24. The molecular weight excluding hydrogens is 390 g/mol. The lowest BCUT2D eigenvalue weighted by atomic mass is 10.1. The van der Waals surface area contributed by atoms with Crippen LogP contribution in [0, 0.1) is 0 Å². The first-order valence-electron chi connectivity index (χ1n) is 8.83. The molecule has 0 amide bonds. The zero-order valence-electron chi connectivity index (χ0n) is 14.7. The second kappa shape index (κ2) is 7.51. The van der Waals surface area contributed by atoms with Crippen LogP contribution >= 0.6 is 15.9 Å². The number of hydrogen-bond acceptors (Lipinski definition) is 4. The van der Waals surface area contributed by atoms with Gasteiger partial charge < -0.3 is 9.80 Å². The van der Waals surface area contributed by atoms with E-state index in [4.69, 9.17) is 4.98 Å². The van der Waals surface area contributed by atoms with Gasteiger partial charge >= 0.3 is 0 Å². The van der Waals surface area contributed by atoms with Crippen molar-refractivity contribution in [3.63, 3.8) is 0 Å². The van der Waals surface area contributed by atoms with Gasteiger partial charge in [0.1, 0.15) is 5.69 Å². The van der Waals surface area contributed by atoms with Gasteiger partial charge in [-0.1, -0.05) is 58.4 Å². The average Bonchev–Trinajstić information content (AvgIpc) is 2.69. The molecule has 26 heavy (non-hydrogen) atoms. The van der Waals surface area contributed by atoms with Crippen molar-refractivity contribution in [2.45, 2.75) is 0 Å². The number of nitrogens with zero attached hydrogens (tertiary/aromatic N) is 4. The zero-order chi connectivity index (χ0) is 17.9. The maximum absolute atomic E-state index is 4.93. The lowest BCUT2D eigenvalue weighted by Gasteiger charge is -2.31. The van der Waals surface area contributed by atoms with E-state index in [1.54, 1.807) is 4.90 Å². The highest BCUT2D eigenvalue weighted by molar-refractivity contribution is 9.10. The first-order chi connectivity index (χ1) is 12.7. The molecule has 132 valence electrons. The standard InChI is InChI=1S/C20H20BrN5/c1-25-11-13-26(14-12-25)20-18(15-5-3-2-4-6-15)23-24-19(22-20)16-7-9-17(21)10-8-16/h2-10H,11-14H2,1H3/p+1. The second-order valence-corrected chi connectivity index (χ2v) is 7.54. The van der Waals surface area contributed by atoms with Crippen LogP contribution in [0.5, 0.6) is 0 Å². The molecule has 1 aliphatic heterocycles. The van der Waals surface area contributed by atoms with Crippen LogP contribution in [-0.4, -0.2) is 48.4 Å². The lowest BCUT2D eigenvalue weighted by Crippen LogP contribution is -3.12. The predicted octanol–water partition coefficient (Wildman–Crippen LogP) is 2.30. The summed E-state index contributed by atoms with van der Waals surface area (Å²) < 4.78 is 1.04. The van der Waals surface area contributed by atoms with Gasteiger partial charge in [-0.15, -0.1) is 10.2 Å². The minimum atomic E-state index is 0.665. The molecule has 1 N–H and O–H groups in total. The SMILES string of the molecule is C[NH+]1CCN(c2nc(-c3ccc(Br)cc3)nnc2-c2ccccc2)CC1. The van der Waals surface area contributed by atoms with Crippen LogP contribution < -0.4 is 9.80 Å². The third-order valence-corrected chi connectivity index (χ3v) is 5.26. The summed E-state index contributed by atoms with van der Waals surface area (Å²) in [5.74, 6) is 1.59. The summed E-state index contributed by atoms with van der Waals surface area (Å²) in [5.41, 5.74) is 2.88. The van der Waals surface area contributed by atoms with E-state index in [-0.39, 0.29) is 0 Å². The molecule has 0 spiro atoms. The van der Waals surface area contributed by atoms with Crippen LogP contribution in [0.1, 0.15) is 0 Å². The van der Waals surface area contributed by atoms with E-state index in [1.165, 1.54) is 0 Å². The van der Waals surface area contributed by atoms with Crippen LogP contribution in [0.4, 0.5) is 5.82 Å². The average molecular weight is 411 g/mol. The summed E-state index contributed by atoms with van der Waals surface area (Å²) in [6.07, 6.45) is 0. The van der Waals surface area contributed by atoms with E-state index in [0.717, 1.165) is 53.3 Å². The Morgan fingerprint density at radius 3 is 2.27 bits per heavy atom. The monoisotopic (exact) mass is 410 g/mol. The highest BCUT2D eigenvalue weighted by atomic mass is 79.9. The predicted molar refractivity (Wildman–Crippen MR) is 107 cm³/mol. The van der Waals surface area contributed by atoms with Gasteiger partial charge in [0.15, 0.2) is 11.6 Å². The maximum atomic E-state index is 4.93. The van der Waals surface area contributed by atoms with Crippen molar-refractivity contribution in [1.29, 1.82) is 0 Å². The molecule has 4 rings (SSSR count). The molecule has 1 fully saturated rings. The van der Waals surface area contributed by atoms with Gasteiger partial charge in [0.05, 0.1) is 33.2 Å². The number of anilines is 1. The van der Waals surface area contributed by atoms with Crippen molar-refractivity contribution in [2.24, 2.45) is 0 Å². The molecule has 2 heterocycles. The van der Waals surface area contributed by atoms with Crippen LogP contribution in [0.3, 0.4) is 0 Å². The fraction of sp³-hybridized carbons (Fsp3) is 0.250. The molecule has 1 aliphatic rings. The number of quaternary nitrogens is 1. The molecule has 0 bridgehead atoms. The Hall–Kier alpha value is -2.31. The van der Waals surface area contributed by atoms with Gasteiger partial charge in [0.25, 0.3) is 0 Å². The third kappa shape index (κ3) is 3.61. The van der Waals surface area contributed by atoms with Crippen LogP contribution in [-0.2, 0) is 0 Å². The summed E-state index contributed by atoms with van der Waals surface area (Å²) in [6.45, 7) is 4.16. The second-order valence-electron chi connectivity index (χ2n) is 6.62. The van der Waals surface area contributed by atoms with E-state index in [1.807, 2.05) is 42.5 Å². The first kappa shape index (κ1) is 17.1. The maximum Gasteiger partial charge on any atom is 0.183 e. The number of nitrogens with one attached hydrogen (secondary N) is 1. The topological polar surface area (TPSA) is 46.4 Å². The van der Waals surface area contributed by atoms with E-state index in [2.05, 4.69) is 50.2 Å². The van der Waals surface area contributed by atoms with Gasteiger partial charge in [-0.05, 0) is 12.1 Å². The number of aromatic nitrogens is 3. The number of benzene rings is 2. The number of halogens is 1. The number of piperazine rings is 1. The molecule has 0 unspecified atom stereocenters. The Morgan fingerprint density at radius 1 is 0.885 bits per heavy atom. The Kier molecular flexibility index (Phi) is 4.95. The molecule has 1 saturated heterocycles. The first-order valence-corrected chi connectivity index (χ1v) is 9.62. The van der Waals surface area contributed by atoms with Crippen molar-refractivity contribution in [3.8, 4) is 22.6 Å². The Balaban J connectivity index is 1.78. The quantitative estimate of drug-likeness (QED) is 0.719. The van der Waals surface area contributed by atoms with Gasteiger partial charge in [-0.3, -0.25) is 0 Å². The van der Waals surface area contributed by atoms with E-state index in [9.17, 15) is 0 Å². The summed E-state index contributed by atoms with van der Waals surface area (Å²) in [6, 6.07) is 18.2. The van der Waals surface area contributed by atoms with Gasteiger partial charge in [-0.2, -0.15) is 0 Å². The normalized spacial score (nSPS) is 15.2. The van der Waals surface area contributed by atoms with Crippen molar-refractivity contribution in [3.05, 3.63) is 59.1 Å². The van der Waals surface area contributed by atoms with E-state index < -0.39 is 0 Å². The van der Waals surface area contributed by atoms with E-state index >= 15 is 0 Å². The summed E-state index contributed by atoms with van der Waals surface area (Å²) >= 11 is 3.48. The molecule has 0 aliphatic carbocycles. The molecule has 0 saturated carbocycles. The highest BCUT2D eigenvalue weighted by Gasteiger charge is 2.23. The summed E-state index contributed by atoms with van der Waals surface area (Å²) in [5, 5.41) is 8.99. The molecule has 0 radical (unpaired) electrons. The summed E-state index contributed by atoms with van der Waals surface area (Å²) in [4.78, 5) is 8.82.